The van der Waals surface area contributed by atoms with Gasteiger partial charge in [-0.1, -0.05) is 51.0 Å². The van der Waals surface area contributed by atoms with Crippen molar-refractivity contribution < 1.29 is 13.4 Å². The van der Waals surface area contributed by atoms with E-state index in [9.17, 15) is 0 Å². The Kier molecular flexibility index (Phi) is 5.30. The molecule has 38 heavy (non-hydrogen) atoms. The van der Waals surface area contributed by atoms with Crippen LogP contribution >= 0.6 is 0 Å². The minimum Gasteiger partial charge on any atom is -0.454 e. The first kappa shape index (κ1) is 23.6. The maximum atomic E-state index is 15.8. The highest BCUT2D eigenvalue weighted by molar-refractivity contribution is 6.13. The van der Waals surface area contributed by atoms with E-state index >= 15 is 4.39 Å². The van der Waals surface area contributed by atoms with Gasteiger partial charge >= 0.3 is 0 Å². The molecule has 2 heterocycles. The van der Waals surface area contributed by atoms with Crippen molar-refractivity contribution in [2.45, 2.75) is 65.2 Å². The molecule has 0 bridgehead atoms. The number of aromatic nitrogens is 1. The maximum absolute atomic E-state index is 15.8. The molecule has 5 aromatic rings. The monoisotopic (exact) mass is 504 g/mol. The van der Waals surface area contributed by atoms with Gasteiger partial charge in [-0.3, -0.25) is 0 Å². The summed E-state index contributed by atoms with van der Waals surface area (Å²) in [5, 5.41) is 2.00. The maximum Gasteiger partial charge on any atom is 0.216 e. The Labute approximate surface area is 224 Å². The molecule has 0 saturated heterocycles. The van der Waals surface area contributed by atoms with Gasteiger partial charge in [-0.2, -0.15) is 0 Å². The van der Waals surface area contributed by atoms with Gasteiger partial charge in [0.2, 0.25) is 5.69 Å². The summed E-state index contributed by atoms with van der Waals surface area (Å²) in [4.78, 5) is 0. The van der Waals surface area contributed by atoms with Crippen LogP contribution in [0.25, 0.3) is 44.3 Å². The topological polar surface area (TPSA) is 17.0 Å². The number of furan rings is 1. The average molecular weight is 505 g/mol. The Bertz CT molecular complexity index is 1740. The van der Waals surface area contributed by atoms with Crippen LogP contribution in [-0.2, 0) is 19.9 Å². The third-order valence-corrected chi connectivity index (χ3v) is 9.06. The fraction of sp³-hybridized carbons (Fsp3) is 0.343. The van der Waals surface area contributed by atoms with E-state index in [1.807, 2.05) is 12.1 Å². The number of benzene rings is 3. The van der Waals surface area contributed by atoms with Crippen molar-refractivity contribution in [2.24, 2.45) is 12.5 Å². The summed E-state index contributed by atoms with van der Waals surface area (Å²) in [7, 11) is 2.05. The lowest BCUT2D eigenvalue weighted by atomic mass is 9.86. The Morgan fingerprint density at radius 2 is 1.63 bits per heavy atom. The zero-order chi connectivity index (χ0) is 26.2. The first-order chi connectivity index (χ1) is 18.3. The van der Waals surface area contributed by atoms with Crippen molar-refractivity contribution in [3.8, 4) is 22.4 Å². The number of pyridine rings is 1. The minimum atomic E-state index is -0.213. The third kappa shape index (κ3) is 3.62. The van der Waals surface area contributed by atoms with E-state index in [4.69, 9.17) is 4.42 Å². The third-order valence-electron chi connectivity index (χ3n) is 9.06. The summed E-state index contributed by atoms with van der Waals surface area (Å²) in [5.74, 6) is 0.373. The summed E-state index contributed by atoms with van der Waals surface area (Å²) >= 11 is 0. The number of halogens is 1. The van der Waals surface area contributed by atoms with Crippen LogP contribution in [0.1, 0.15) is 67.7 Å². The number of nitrogens with zero attached hydrogens (tertiary/aromatic N) is 1. The van der Waals surface area contributed by atoms with E-state index < -0.39 is 0 Å². The smallest absolute Gasteiger partial charge is 0.216 e. The highest BCUT2D eigenvalue weighted by Crippen LogP contribution is 2.48. The second-order valence-electron chi connectivity index (χ2n) is 12.4. The van der Waals surface area contributed by atoms with Gasteiger partial charge in [-0.15, -0.1) is 0 Å². The van der Waals surface area contributed by atoms with Crippen LogP contribution in [0.4, 0.5) is 4.39 Å². The molecule has 7 rings (SSSR count). The first-order valence-electron chi connectivity index (χ1n) is 14.1. The summed E-state index contributed by atoms with van der Waals surface area (Å²) in [6, 6.07) is 18.6. The molecule has 0 unspecified atom stereocenters. The molecule has 2 aromatic heterocycles. The molecule has 2 aliphatic carbocycles. The van der Waals surface area contributed by atoms with Crippen LogP contribution < -0.4 is 4.57 Å². The molecule has 0 spiro atoms. The Hall–Kier alpha value is -3.46. The van der Waals surface area contributed by atoms with Gasteiger partial charge in [0.15, 0.2) is 6.20 Å². The van der Waals surface area contributed by atoms with Crippen LogP contribution in [0, 0.1) is 18.2 Å². The van der Waals surface area contributed by atoms with Gasteiger partial charge in [0.05, 0.1) is 11.1 Å². The molecule has 3 aromatic carbocycles. The summed E-state index contributed by atoms with van der Waals surface area (Å²) in [6.45, 7) is 6.84. The molecule has 0 atom stereocenters. The van der Waals surface area contributed by atoms with Crippen LogP contribution in [0.2, 0.25) is 0 Å². The molecule has 0 radical (unpaired) electrons. The number of hydrogen-bond donors (Lipinski definition) is 0. The summed E-state index contributed by atoms with van der Waals surface area (Å²) < 4.78 is 24.7. The highest BCUT2D eigenvalue weighted by Gasteiger charge is 2.34. The minimum absolute atomic E-state index is 0.213. The van der Waals surface area contributed by atoms with Crippen LogP contribution in [0.5, 0.6) is 0 Å². The van der Waals surface area contributed by atoms with Crippen LogP contribution in [0.15, 0.2) is 65.2 Å². The zero-order valence-corrected chi connectivity index (χ0v) is 22.8. The van der Waals surface area contributed by atoms with Gasteiger partial charge < -0.3 is 4.42 Å². The van der Waals surface area contributed by atoms with Crippen molar-refractivity contribution >= 4 is 21.9 Å². The quantitative estimate of drug-likeness (QED) is 0.224. The van der Waals surface area contributed by atoms with Crippen LogP contribution in [-0.4, -0.2) is 0 Å². The molecular weight excluding hydrogens is 469 g/mol. The summed E-state index contributed by atoms with van der Waals surface area (Å²) in [5.41, 5.74) is 11.0. The van der Waals surface area contributed by atoms with Gasteiger partial charge in [0, 0.05) is 22.9 Å². The molecule has 3 heteroatoms. The van der Waals surface area contributed by atoms with Gasteiger partial charge in [0.1, 0.15) is 24.0 Å². The van der Waals surface area contributed by atoms with E-state index in [1.54, 1.807) is 6.07 Å². The second-order valence-corrected chi connectivity index (χ2v) is 12.4. The highest BCUT2D eigenvalue weighted by atomic mass is 19.1. The van der Waals surface area contributed by atoms with Gasteiger partial charge in [0.25, 0.3) is 0 Å². The van der Waals surface area contributed by atoms with Crippen molar-refractivity contribution in [2.75, 3.05) is 0 Å². The lowest BCUT2D eigenvalue weighted by Crippen LogP contribution is -2.30. The van der Waals surface area contributed by atoms with Crippen molar-refractivity contribution in [3.63, 3.8) is 0 Å². The summed E-state index contributed by atoms with van der Waals surface area (Å²) in [6.07, 6.45) is 9.27. The predicted octanol–water partition coefficient (Wildman–Crippen LogP) is 8.97. The Morgan fingerprint density at radius 1 is 0.895 bits per heavy atom. The van der Waals surface area contributed by atoms with Gasteiger partial charge in [-0.05, 0) is 90.0 Å². The molecule has 0 aliphatic heterocycles. The van der Waals surface area contributed by atoms with Crippen molar-refractivity contribution in [3.05, 3.63) is 88.9 Å². The molecule has 1 saturated carbocycles. The molecular formula is C35H35FNO+. The number of fused-ring (bicyclic) bond motifs is 4. The van der Waals surface area contributed by atoms with E-state index in [0.717, 1.165) is 51.6 Å². The first-order valence-corrected chi connectivity index (χ1v) is 14.1. The van der Waals surface area contributed by atoms with E-state index in [0.29, 0.717) is 17.1 Å². The second kappa shape index (κ2) is 8.53. The van der Waals surface area contributed by atoms with Gasteiger partial charge in [-0.25, -0.2) is 8.96 Å². The number of rotatable bonds is 3. The largest absolute Gasteiger partial charge is 0.454 e. The molecule has 2 nitrogen and oxygen atoms in total. The molecule has 192 valence electrons. The molecule has 1 fully saturated rings. The van der Waals surface area contributed by atoms with E-state index in [-0.39, 0.29) is 11.2 Å². The van der Waals surface area contributed by atoms with E-state index in [2.05, 4.69) is 75.0 Å². The fourth-order valence-electron chi connectivity index (χ4n) is 7.28. The predicted molar refractivity (Wildman–Crippen MR) is 153 cm³/mol. The SMILES string of the molecule is Cc1ccc2c(oc3c(-c4cc5c(c(C6CCCC6)c4)CC(C)(C)C5)c(F)ccc32)c1-c1cccc[n+]1C. The lowest BCUT2D eigenvalue weighted by molar-refractivity contribution is -0.660. The zero-order valence-electron chi connectivity index (χ0n) is 22.8. The molecule has 2 aliphatic rings. The van der Waals surface area contributed by atoms with Crippen molar-refractivity contribution in [1.29, 1.82) is 0 Å². The Balaban J connectivity index is 1.50. The average Bonchev–Trinajstić information content (AvgIpc) is 3.60. The fourth-order valence-corrected chi connectivity index (χ4v) is 7.28. The lowest BCUT2D eigenvalue weighted by Gasteiger charge is -2.19. The van der Waals surface area contributed by atoms with Crippen LogP contribution in [0.3, 0.4) is 0 Å². The van der Waals surface area contributed by atoms with Crippen molar-refractivity contribution in [1.82, 2.24) is 0 Å². The number of aryl methyl sites for hydroxylation is 2. The normalized spacial score (nSPS) is 17.1. The number of hydrogen-bond acceptors (Lipinski definition) is 1. The standard InChI is InChI=1S/C35H35FNO/c1-21-12-13-25-26-14-15-29(36)32(34(26)38-33(25)31(21)30-11-7-8-16-37(30)4)23-17-24-19-35(2,3)20-28(24)27(18-23)22-9-5-6-10-22/h7-8,11-18,22H,5-6,9-10,19-20H2,1-4H3/q+1. The molecule has 0 N–H and O–H groups in total. The molecule has 0 amide bonds. The van der Waals surface area contributed by atoms with E-state index in [1.165, 1.54) is 42.4 Å². The Morgan fingerprint density at radius 3 is 2.39 bits per heavy atom.